The Morgan fingerprint density at radius 3 is 2.33 bits per heavy atom. The minimum Gasteiger partial charge on any atom is -0.372 e. The summed E-state index contributed by atoms with van der Waals surface area (Å²) in [6.07, 6.45) is 2.37. The van der Waals surface area contributed by atoms with E-state index < -0.39 is 10.0 Å². The summed E-state index contributed by atoms with van der Waals surface area (Å²) in [6.45, 7) is 2.46. The minimum atomic E-state index is -3.79. The molecule has 1 fully saturated rings. The van der Waals surface area contributed by atoms with E-state index in [1.807, 2.05) is 24.3 Å². The van der Waals surface area contributed by atoms with Crippen LogP contribution in [0.15, 0.2) is 76.4 Å². The third kappa shape index (κ3) is 4.64. The molecule has 33 heavy (non-hydrogen) atoms. The number of sulfonamides is 1. The van der Waals surface area contributed by atoms with Crippen LogP contribution in [0.1, 0.15) is 18.4 Å². The van der Waals surface area contributed by atoms with Crippen LogP contribution in [0.5, 0.6) is 0 Å². The van der Waals surface area contributed by atoms with Gasteiger partial charge in [0, 0.05) is 29.5 Å². The molecule has 3 aromatic carbocycles. The van der Waals surface area contributed by atoms with Crippen LogP contribution in [0.25, 0.3) is 10.2 Å². The van der Waals surface area contributed by atoms with Gasteiger partial charge in [0.15, 0.2) is 0 Å². The molecule has 9 heteroatoms. The van der Waals surface area contributed by atoms with E-state index in [0.29, 0.717) is 27.5 Å². The van der Waals surface area contributed by atoms with E-state index in [4.69, 9.17) is 11.6 Å². The summed E-state index contributed by atoms with van der Waals surface area (Å²) in [7, 11) is -3.79. The van der Waals surface area contributed by atoms with Crippen LogP contribution in [-0.2, 0) is 16.6 Å². The van der Waals surface area contributed by atoms with Crippen molar-refractivity contribution in [1.29, 1.82) is 0 Å². The highest BCUT2D eigenvalue weighted by Crippen LogP contribution is 2.26. The van der Waals surface area contributed by atoms with E-state index in [1.165, 1.54) is 18.9 Å². The summed E-state index contributed by atoms with van der Waals surface area (Å²) >= 11 is 6.98. The van der Waals surface area contributed by atoms with E-state index in [9.17, 15) is 13.2 Å². The highest BCUT2D eigenvalue weighted by molar-refractivity contribution is 7.92. The zero-order valence-corrected chi connectivity index (χ0v) is 20.1. The third-order valence-corrected chi connectivity index (χ3v) is 8.37. The van der Waals surface area contributed by atoms with Crippen molar-refractivity contribution in [2.24, 2.45) is 0 Å². The molecule has 1 aromatic heterocycles. The third-order valence-electron chi connectivity index (χ3n) is 5.79. The van der Waals surface area contributed by atoms with E-state index in [1.54, 1.807) is 41.0 Å². The summed E-state index contributed by atoms with van der Waals surface area (Å²) in [5.41, 5.74) is 3.25. The van der Waals surface area contributed by atoms with Gasteiger partial charge in [0.2, 0.25) is 0 Å². The molecule has 1 aliphatic heterocycles. The monoisotopic (exact) mass is 499 g/mol. The van der Waals surface area contributed by atoms with E-state index in [-0.39, 0.29) is 9.77 Å². The molecule has 4 aromatic rings. The SMILES string of the molecule is O=c1sc2cc(S(=O)(=O)Nc3ccc(N4CCCC4)cc3)ccc2n1Cc1ccc(Cl)cc1. The highest BCUT2D eigenvalue weighted by Gasteiger charge is 2.18. The number of hydrogen-bond acceptors (Lipinski definition) is 5. The van der Waals surface area contributed by atoms with Gasteiger partial charge in [-0.25, -0.2) is 8.42 Å². The van der Waals surface area contributed by atoms with Crippen LogP contribution in [-0.4, -0.2) is 26.1 Å². The average molecular weight is 500 g/mol. The number of aromatic nitrogens is 1. The summed E-state index contributed by atoms with van der Waals surface area (Å²) < 4.78 is 30.9. The molecular weight excluding hydrogens is 478 g/mol. The smallest absolute Gasteiger partial charge is 0.308 e. The van der Waals surface area contributed by atoms with Gasteiger partial charge in [-0.15, -0.1) is 0 Å². The first-order chi connectivity index (χ1) is 15.9. The largest absolute Gasteiger partial charge is 0.372 e. The molecule has 6 nitrogen and oxygen atoms in total. The lowest BCUT2D eigenvalue weighted by molar-refractivity contribution is 0.601. The first-order valence-corrected chi connectivity index (χ1v) is 13.3. The number of anilines is 2. The predicted molar refractivity (Wildman–Crippen MR) is 135 cm³/mol. The lowest BCUT2D eigenvalue weighted by atomic mass is 10.2. The van der Waals surface area contributed by atoms with E-state index in [2.05, 4.69) is 9.62 Å². The lowest BCUT2D eigenvalue weighted by Crippen LogP contribution is -2.17. The number of thiazole rings is 1. The van der Waals surface area contributed by atoms with Crippen molar-refractivity contribution >= 4 is 54.6 Å². The maximum atomic E-state index is 13.0. The number of fused-ring (bicyclic) bond motifs is 1. The summed E-state index contributed by atoms with van der Waals surface area (Å²) in [5.74, 6) is 0. The fourth-order valence-electron chi connectivity index (χ4n) is 4.07. The van der Waals surface area contributed by atoms with Crippen molar-refractivity contribution in [1.82, 2.24) is 4.57 Å². The van der Waals surface area contributed by atoms with Gasteiger partial charge in [-0.3, -0.25) is 14.1 Å². The number of benzene rings is 3. The first kappa shape index (κ1) is 22.0. The molecule has 0 spiro atoms. The Hall–Kier alpha value is -2.81. The molecule has 5 rings (SSSR count). The molecule has 1 aliphatic rings. The molecule has 2 heterocycles. The summed E-state index contributed by atoms with van der Waals surface area (Å²) in [5, 5.41) is 0.634. The first-order valence-electron chi connectivity index (χ1n) is 10.6. The molecule has 0 unspecified atom stereocenters. The van der Waals surface area contributed by atoms with Crippen LogP contribution in [0.3, 0.4) is 0 Å². The standard InChI is InChI=1S/C24H22ClN3O3S2/c25-18-5-3-17(4-6-18)16-28-22-12-11-21(15-23(22)32-24(28)29)33(30,31)26-19-7-9-20(10-8-19)27-13-1-2-14-27/h3-12,15,26H,1-2,13-14,16H2. The Kier molecular flexibility index (Phi) is 5.90. The zero-order chi connectivity index (χ0) is 23.0. The summed E-state index contributed by atoms with van der Waals surface area (Å²) in [6, 6.07) is 19.5. The molecule has 0 amide bonds. The van der Waals surface area contributed by atoms with Crippen LogP contribution < -0.4 is 14.5 Å². The number of rotatable bonds is 6. The molecule has 0 aliphatic carbocycles. The fraction of sp³-hybridized carbons (Fsp3) is 0.208. The van der Waals surface area contributed by atoms with E-state index in [0.717, 1.165) is 35.7 Å². The Bertz CT molecular complexity index is 1450. The average Bonchev–Trinajstić information content (AvgIpc) is 3.44. The maximum absolute atomic E-state index is 13.0. The molecule has 0 radical (unpaired) electrons. The Labute approximate surface area is 201 Å². The van der Waals surface area contributed by atoms with Crippen molar-refractivity contribution < 1.29 is 8.42 Å². The molecule has 0 bridgehead atoms. The van der Waals surface area contributed by atoms with Crippen LogP contribution in [0.4, 0.5) is 11.4 Å². The van der Waals surface area contributed by atoms with Crippen molar-refractivity contribution in [3.63, 3.8) is 0 Å². The van der Waals surface area contributed by atoms with Crippen LogP contribution in [0, 0.1) is 0 Å². The predicted octanol–water partition coefficient (Wildman–Crippen LogP) is 5.17. The highest BCUT2D eigenvalue weighted by atomic mass is 35.5. The van der Waals surface area contributed by atoms with Gasteiger partial charge >= 0.3 is 4.87 Å². The molecule has 0 atom stereocenters. The second kappa shape index (κ2) is 8.85. The number of nitrogens with one attached hydrogen (secondary N) is 1. The van der Waals surface area contributed by atoms with Crippen molar-refractivity contribution in [2.75, 3.05) is 22.7 Å². The summed E-state index contributed by atoms with van der Waals surface area (Å²) in [4.78, 5) is 14.9. The molecule has 1 saturated heterocycles. The van der Waals surface area contributed by atoms with Crippen molar-refractivity contribution in [3.8, 4) is 0 Å². The molecule has 0 saturated carbocycles. The van der Waals surface area contributed by atoms with Gasteiger partial charge in [-0.2, -0.15) is 0 Å². The van der Waals surface area contributed by atoms with Gasteiger partial charge in [-0.1, -0.05) is 35.1 Å². The number of nitrogens with zero attached hydrogens (tertiary/aromatic N) is 2. The maximum Gasteiger partial charge on any atom is 0.308 e. The Morgan fingerprint density at radius 2 is 1.64 bits per heavy atom. The van der Waals surface area contributed by atoms with Gasteiger partial charge in [-0.05, 0) is 73.0 Å². The minimum absolute atomic E-state index is 0.124. The quantitative estimate of drug-likeness (QED) is 0.397. The molecular formula is C24H22ClN3O3S2. The number of halogens is 1. The topological polar surface area (TPSA) is 71.4 Å². The fourth-order valence-corrected chi connectivity index (χ4v) is 6.28. The van der Waals surface area contributed by atoms with Crippen LogP contribution in [0.2, 0.25) is 5.02 Å². The van der Waals surface area contributed by atoms with E-state index >= 15 is 0 Å². The Morgan fingerprint density at radius 1 is 0.939 bits per heavy atom. The molecule has 170 valence electrons. The van der Waals surface area contributed by atoms with Gasteiger partial charge in [0.25, 0.3) is 10.0 Å². The molecule has 1 N–H and O–H groups in total. The second-order valence-electron chi connectivity index (χ2n) is 8.06. The zero-order valence-electron chi connectivity index (χ0n) is 17.7. The lowest BCUT2D eigenvalue weighted by Gasteiger charge is -2.18. The van der Waals surface area contributed by atoms with Gasteiger partial charge in [0.1, 0.15) is 0 Å². The van der Waals surface area contributed by atoms with Gasteiger partial charge < -0.3 is 4.90 Å². The number of hydrogen-bond donors (Lipinski definition) is 1. The Balaban J connectivity index is 1.38. The second-order valence-corrected chi connectivity index (χ2v) is 11.2. The van der Waals surface area contributed by atoms with Crippen molar-refractivity contribution in [2.45, 2.75) is 24.3 Å². The van der Waals surface area contributed by atoms with Gasteiger partial charge in [0.05, 0.1) is 21.7 Å². The van der Waals surface area contributed by atoms with Crippen molar-refractivity contribution in [3.05, 3.63) is 87.0 Å². The normalized spacial score (nSPS) is 14.2. The van der Waals surface area contributed by atoms with Crippen LogP contribution >= 0.6 is 22.9 Å².